The zero-order chi connectivity index (χ0) is 13.1. The molecular weight excluding hydrogens is 254 g/mol. The van der Waals surface area contributed by atoms with Crippen LogP contribution in [0.3, 0.4) is 0 Å². The zero-order valence-electron chi connectivity index (χ0n) is 9.72. The number of nitrogens with zero attached hydrogens (tertiary/aromatic N) is 3. The molecule has 2 rings (SSSR count). The summed E-state index contributed by atoms with van der Waals surface area (Å²) in [5.41, 5.74) is 6.65. The van der Waals surface area contributed by atoms with E-state index in [1.165, 1.54) is 12.3 Å². The van der Waals surface area contributed by atoms with Crippen molar-refractivity contribution in [1.29, 1.82) is 0 Å². The minimum Gasteiger partial charge on any atom is -0.397 e. The molecule has 0 radical (unpaired) electrons. The van der Waals surface area contributed by atoms with Crippen LogP contribution in [0.1, 0.15) is 17.4 Å². The quantitative estimate of drug-likeness (QED) is 0.829. The summed E-state index contributed by atoms with van der Waals surface area (Å²) in [5, 5.41) is 2.83. The average molecular weight is 266 g/mol. The first-order valence-electron chi connectivity index (χ1n) is 5.35. The highest BCUT2D eigenvalue weighted by molar-refractivity contribution is 6.29. The molecule has 0 unspecified atom stereocenters. The van der Waals surface area contributed by atoms with Crippen LogP contribution in [0, 0.1) is 0 Å². The SMILES string of the molecule is CCn1cc(N)cc1C(=O)Nc1nccc(Cl)n1. The van der Waals surface area contributed by atoms with Crippen LogP contribution < -0.4 is 11.1 Å². The second-order valence-electron chi connectivity index (χ2n) is 3.60. The van der Waals surface area contributed by atoms with Gasteiger partial charge in [-0.15, -0.1) is 0 Å². The number of aryl methyl sites for hydroxylation is 1. The highest BCUT2D eigenvalue weighted by atomic mass is 35.5. The van der Waals surface area contributed by atoms with Gasteiger partial charge < -0.3 is 10.3 Å². The Morgan fingerprint density at radius 3 is 3.06 bits per heavy atom. The molecule has 0 bridgehead atoms. The van der Waals surface area contributed by atoms with Crippen LogP contribution >= 0.6 is 11.6 Å². The Bertz CT molecular complexity index is 581. The molecule has 0 atom stereocenters. The van der Waals surface area contributed by atoms with Gasteiger partial charge in [-0.2, -0.15) is 0 Å². The molecule has 0 saturated heterocycles. The van der Waals surface area contributed by atoms with Gasteiger partial charge in [0.2, 0.25) is 5.95 Å². The lowest BCUT2D eigenvalue weighted by Crippen LogP contribution is -2.17. The number of halogens is 1. The van der Waals surface area contributed by atoms with Crippen molar-refractivity contribution in [3.8, 4) is 0 Å². The van der Waals surface area contributed by atoms with Gasteiger partial charge in [-0.3, -0.25) is 10.1 Å². The molecule has 0 aromatic carbocycles. The van der Waals surface area contributed by atoms with E-state index in [1.54, 1.807) is 16.8 Å². The molecule has 0 saturated carbocycles. The number of carbonyl (C=O) groups excluding carboxylic acids is 1. The molecule has 2 heterocycles. The molecule has 0 fully saturated rings. The van der Waals surface area contributed by atoms with Gasteiger partial charge in [-0.1, -0.05) is 11.6 Å². The summed E-state index contributed by atoms with van der Waals surface area (Å²) in [7, 11) is 0. The summed E-state index contributed by atoms with van der Waals surface area (Å²) >= 11 is 5.71. The average Bonchev–Trinajstić information content (AvgIpc) is 2.70. The fourth-order valence-corrected chi connectivity index (χ4v) is 1.68. The van der Waals surface area contributed by atoms with Crippen molar-refractivity contribution in [3.63, 3.8) is 0 Å². The standard InChI is InChI=1S/C11H12ClN5O/c1-2-17-6-7(13)5-8(17)10(18)16-11-14-4-3-9(12)15-11/h3-6H,2,13H2,1H3,(H,14,15,16,18). The summed E-state index contributed by atoms with van der Waals surface area (Å²) in [5.74, 6) is -0.161. The summed E-state index contributed by atoms with van der Waals surface area (Å²) in [6, 6.07) is 3.13. The van der Waals surface area contributed by atoms with E-state index in [2.05, 4.69) is 15.3 Å². The van der Waals surface area contributed by atoms with Gasteiger partial charge in [0.05, 0.1) is 5.69 Å². The summed E-state index contributed by atoms with van der Waals surface area (Å²) in [6.07, 6.45) is 3.17. The Morgan fingerprint density at radius 2 is 2.39 bits per heavy atom. The number of nitrogens with one attached hydrogen (secondary N) is 1. The Hall–Kier alpha value is -2.08. The van der Waals surface area contributed by atoms with E-state index in [9.17, 15) is 4.79 Å². The normalized spacial score (nSPS) is 10.3. The minimum atomic E-state index is -0.323. The molecule has 3 N–H and O–H groups in total. The molecule has 18 heavy (non-hydrogen) atoms. The molecule has 1 amide bonds. The second kappa shape index (κ2) is 5.05. The number of carbonyl (C=O) groups is 1. The number of amides is 1. The minimum absolute atomic E-state index is 0.162. The number of rotatable bonds is 3. The van der Waals surface area contributed by atoms with E-state index in [4.69, 9.17) is 17.3 Å². The Labute approximate surface area is 109 Å². The van der Waals surface area contributed by atoms with Crippen molar-refractivity contribution in [2.75, 3.05) is 11.1 Å². The highest BCUT2D eigenvalue weighted by Gasteiger charge is 2.13. The lowest BCUT2D eigenvalue weighted by Gasteiger charge is -2.06. The van der Waals surface area contributed by atoms with Crippen LogP contribution in [0.25, 0.3) is 0 Å². The number of hydrogen-bond donors (Lipinski definition) is 2. The van der Waals surface area contributed by atoms with Crippen LogP contribution in [0.2, 0.25) is 5.15 Å². The lowest BCUT2D eigenvalue weighted by molar-refractivity contribution is 0.101. The van der Waals surface area contributed by atoms with Crippen molar-refractivity contribution in [2.24, 2.45) is 0 Å². The monoisotopic (exact) mass is 265 g/mol. The van der Waals surface area contributed by atoms with Crippen LogP contribution in [0.5, 0.6) is 0 Å². The van der Waals surface area contributed by atoms with E-state index < -0.39 is 0 Å². The lowest BCUT2D eigenvalue weighted by atomic mass is 10.4. The maximum absolute atomic E-state index is 12.0. The van der Waals surface area contributed by atoms with E-state index in [-0.39, 0.29) is 17.0 Å². The fourth-order valence-electron chi connectivity index (χ4n) is 1.55. The van der Waals surface area contributed by atoms with Crippen LogP contribution in [-0.2, 0) is 6.54 Å². The van der Waals surface area contributed by atoms with Crippen LogP contribution in [0.15, 0.2) is 24.5 Å². The van der Waals surface area contributed by atoms with Gasteiger partial charge in [-0.05, 0) is 19.1 Å². The zero-order valence-corrected chi connectivity index (χ0v) is 10.5. The third-order valence-corrected chi connectivity index (χ3v) is 2.55. The summed E-state index contributed by atoms with van der Waals surface area (Å²) in [4.78, 5) is 19.8. The first-order valence-corrected chi connectivity index (χ1v) is 5.73. The van der Waals surface area contributed by atoms with E-state index in [0.717, 1.165) is 0 Å². The Kier molecular flexibility index (Phi) is 3.47. The topological polar surface area (TPSA) is 85.8 Å². The smallest absolute Gasteiger partial charge is 0.274 e. The van der Waals surface area contributed by atoms with Crippen LogP contribution in [0.4, 0.5) is 11.6 Å². The number of nitrogen functional groups attached to an aromatic ring is 1. The van der Waals surface area contributed by atoms with Gasteiger partial charge in [0.1, 0.15) is 10.8 Å². The van der Waals surface area contributed by atoms with Gasteiger partial charge in [0.25, 0.3) is 5.91 Å². The first kappa shape index (κ1) is 12.4. The van der Waals surface area contributed by atoms with Gasteiger partial charge in [0, 0.05) is 18.9 Å². The molecule has 0 aliphatic rings. The highest BCUT2D eigenvalue weighted by Crippen LogP contribution is 2.13. The summed E-state index contributed by atoms with van der Waals surface area (Å²) < 4.78 is 1.75. The number of anilines is 2. The summed E-state index contributed by atoms with van der Waals surface area (Å²) in [6.45, 7) is 2.57. The molecule has 94 valence electrons. The van der Waals surface area contributed by atoms with E-state index in [0.29, 0.717) is 17.9 Å². The van der Waals surface area contributed by atoms with Crippen molar-refractivity contribution >= 4 is 29.1 Å². The van der Waals surface area contributed by atoms with E-state index >= 15 is 0 Å². The molecule has 2 aromatic heterocycles. The maximum atomic E-state index is 12.0. The third-order valence-electron chi connectivity index (χ3n) is 2.34. The van der Waals surface area contributed by atoms with Crippen LogP contribution in [-0.4, -0.2) is 20.4 Å². The van der Waals surface area contributed by atoms with Crippen molar-refractivity contribution in [1.82, 2.24) is 14.5 Å². The number of nitrogens with two attached hydrogens (primary N) is 1. The second-order valence-corrected chi connectivity index (χ2v) is 3.99. The predicted octanol–water partition coefficient (Wildman–Crippen LogP) is 1.79. The molecule has 2 aromatic rings. The van der Waals surface area contributed by atoms with Gasteiger partial charge in [-0.25, -0.2) is 9.97 Å². The predicted molar refractivity (Wildman–Crippen MR) is 69.5 cm³/mol. The molecule has 7 heteroatoms. The molecule has 0 aliphatic heterocycles. The Morgan fingerprint density at radius 1 is 1.61 bits per heavy atom. The van der Waals surface area contributed by atoms with Crippen molar-refractivity contribution in [3.05, 3.63) is 35.4 Å². The van der Waals surface area contributed by atoms with Crippen molar-refractivity contribution in [2.45, 2.75) is 13.5 Å². The molecule has 0 aliphatic carbocycles. The first-order chi connectivity index (χ1) is 8.60. The number of aromatic nitrogens is 3. The fraction of sp³-hybridized carbons (Fsp3) is 0.182. The Balaban J connectivity index is 2.21. The third kappa shape index (κ3) is 2.60. The molecular formula is C11H12ClN5O. The van der Waals surface area contributed by atoms with Gasteiger partial charge in [0.15, 0.2) is 0 Å². The van der Waals surface area contributed by atoms with E-state index in [1.807, 2.05) is 6.92 Å². The molecule has 6 nitrogen and oxygen atoms in total. The largest absolute Gasteiger partial charge is 0.397 e. The number of hydrogen-bond acceptors (Lipinski definition) is 4. The van der Waals surface area contributed by atoms with Gasteiger partial charge >= 0.3 is 0 Å². The van der Waals surface area contributed by atoms with Crippen molar-refractivity contribution < 1.29 is 4.79 Å². The maximum Gasteiger partial charge on any atom is 0.274 e. The molecule has 0 spiro atoms.